The van der Waals surface area contributed by atoms with Gasteiger partial charge >= 0.3 is 0 Å². The summed E-state index contributed by atoms with van der Waals surface area (Å²) in [6.07, 6.45) is -9.52. The van der Waals surface area contributed by atoms with E-state index in [1.165, 1.54) is 0 Å². The summed E-state index contributed by atoms with van der Waals surface area (Å²) in [4.78, 5) is 0. The predicted molar refractivity (Wildman–Crippen MR) is 202 cm³/mol. The Labute approximate surface area is 331 Å². The molecular formula is C42H72O14. The highest BCUT2D eigenvalue weighted by atomic mass is 16.7. The highest BCUT2D eigenvalue weighted by Crippen LogP contribution is 2.76. The zero-order valence-corrected chi connectivity index (χ0v) is 34.6. The molecule has 2 heterocycles. The molecule has 56 heavy (non-hydrogen) atoms. The molecule has 0 aromatic heterocycles. The van der Waals surface area contributed by atoms with Crippen LogP contribution in [0.2, 0.25) is 0 Å². The van der Waals surface area contributed by atoms with Crippen molar-refractivity contribution in [2.75, 3.05) is 13.2 Å². The monoisotopic (exact) mass is 800 g/mol. The largest absolute Gasteiger partial charge is 0.394 e. The molecule has 21 atom stereocenters. The van der Waals surface area contributed by atoms with Crippen LogP contribution in [0.25, 0.3) is 0 Å². The van der Waals surface area contributed by atoms with Crippen molar-refractivity contribution < 1.29 is 70.0 Å². The van der Waals surface area contributed by atoms with E-state index in [-0.39, 0.29) is 23.7 Å². The maximum atomic E-state index is 12.6. The average molecular weight is 801 g/mol. The van der Waals surface area contributed by atoms with Crippen LogP contribution in [0.4, 0.5) is 0 Å². The first-order chi connectivity index (χ1) is 26.0. The first-order valence-electron chi connectivity index (χ1n) is 21.0. The second kappa shape index (κ2) is 15.9. The van der Waals surface area contributed by atoms with E-state index in [1.54, 1.807) is 0 Å². The van der Waals surface area contributed by atoms with E-state index in [2.05, 4.69) is 26.8 Å². The van der Waals surface area contributed by atoms with Gasteiger partial charge in [-0.15, -0.1) is 0 Å². The number of ether oxygens (including phenoxy) is 4. The molecule has 4 saturated carbocycles. The Morgan fingerprint density at radius 1 is 0.750 bits per heavy atom. The molecule has 14 nitrogen and oxygen atoms in total. The third-order valence-corrected chi connectivity index (χ3v) is 16.6. The van der Waals surface area contributed by atoms with Gasteiger partial charge in [-0.2, -0.15) is 0 Å². The zero-order valence-electron chi connectivity index (χ0n) is 34.6. The fraction of sp³-hybridized carbons (Fsp3) is 0.952. The number of allylic oxidation sites excluding steroid dienone is 2. The minimum atomic E-state index is -1.61. The molecule has 6 rings (SSSR count). The molecule has 2 aliphatic heterocycles. The Morgan fingerprint density at radius 3 is 1.89 bits per heavy atom. The molecule has 14 heteroatoms. The summed E-state index contributed by atoms with van der Waals surface area (Å²) in [7, 11) is 0. The number of hydrogen-bond acceptors (Lipinski definition) is 14. The van der Waals surface area contributed by atoms with Crippen molar-refractivity contribution in [1.82, 2.24) is 0 Å². The standard InChI is InChI=1S/C42H72O14/c1-20(2)10-9-13-42(8,56-37-34(52)32(50)30(48)25(19-44)55-37)21-11-15-40(6)28(21)22(45)16-26-39(5)14-12-27(46)38(3,4)35(39)23(17-41(26,40)7)53-36-33(51)31(49)29(47)24(18-43)54-36/h10,21-37,43-52H,9,11-19H2,1-8H3/t21?,22-,23?,24?,25?,26?,27+,28+,29?,30?,31?,32?,33?,34?,35?,36?,37?,39-,40?,41-,42?/m0/s1. The van der Waals surface area contributed by atoms with E-state index < -0.39 is 120 Å². The van der Waals surface area contributed by atoms with Crippen LogP contribution >= 0.6 is 0 Å². The Bertz CT molecular complexity index is 1400. The van der Waals surface area contributed by atoms with Gasteiger partial charge in [-0.1, -0.05) is 46.3 Å². The Balaban J connectivity index is 1.39. The summed E-state index contributed by atoms with van der Waals surface area (Å²) < 4.78 is 25.4. The SMILES string of the molecule is CC(C)=CCCC(C)(OC1OC(CO)C(O)C(O)C1O)C1CCC2(C)[C@H]1[C@@H](O)CC1[C@]3(C)CC[C@@H](O)C(C)(C)C3C(OC3OC(CO)C(O)C(O)C3O)C[C@@]12C. The quantitative estimate of drug-likeness (QED) is 0.110. The molecule has 0 amide bonds. The zero-order chi connectivity index (χ0) is 41.5. The van der Waals surface area contributed by atoms with Crippen molar-refractivity contribution in [2.24, 2.45) is 45.3 Å². The minimum absolute atomic E-state index is 0.000258. The van der Waals surface area contributed by atoms with Crippen molar-refractivity contribution in [3.8, 4) is 0 Å². The van der Waals surface area contributed by atoms with Gasteiger partial charge < -0.3 is 70.0 Å². The fourth-order valence-electron chi connectivity index (χ4n) is 13.5. The van der Waals surface area contributed by atoms with Crippen molar-refractivity contribution in [2.45, 2.75) is 192 Å². The summed E-state index contributed by atoms with van der Waals surface area (Å²) in [6, 6.07) is 0. The lowest BCUT2D eigenvalue weighted by molar-refractivity contribution is -0.349. The lowest BCUT2D eigenvalue weighted by Gasteiger charge is -2.72. The van der Waals surface area contributed by atoms with Crippen molar-refractivity contribution in [3.05, 3.63) is 11.6 Å². The summed E-state index contributed by atoms with van der Waals surface area (Å²) in [5.74, 6) is -0.781. The molecule has 324 valence electrons. The van der Waals surface area contributed by atoms with Crippen LogP contribution in [0, 0.1) is 45.3 Å². The van der Waals surface area contributed by atoms with Gasteiger partial charge in [0.2, 0.25) is 0 Å². The third-order valence-electron chi connectivity index (χ3n) is 16.6. The normalized spacial score (nSPS) is 52.6. The van der Waals surface area contributed by atoms with Crippen LogP contribution in [0.15, 0.2) is 11.6 Å². The maximum Gasteiger partial charge on any atom is 0.187 e. The van der Waals surface area contributed by atoms with Crippen LogP contribution in [-0.4, -0.2) is 150 Å². The Hall–Kier alpha value is -0.820. The van der Waals surface area contributed by atoms with Gasteiger partial charge in [0.1, 0.15) is 48.8 Å². The van der Waals surface area contributed by atoms with Crippen LogP contribution < -0.4 is 0 Å². The minimum Gasteiger partial charge on any atom is -0.394 e. The fourth-order valence-corrected chi connectivity index (χ4v) is 13.5. The van der Waals surface area contributed by atoms with Crippen LogP contribution in [0.1, 0.15) is 107 Å². The van der Waals surface area contributed by atoms with E-state index in [0.717, 1.165) is 12.0 Å². The number of fused-ring (bicyclic) bond motifs is 5. The van der Waals surface area contributed by atoms with E-state index >= 15 is 0 Å². The van der Waals surface area contributed by atoms with Gasteiger partial charge in [0.05, 0.1) is 37.1 Å². The van der Waals surface area contributed by atoms with Gasteiger partial charge in [0, 0.05) is 0 Å². The summed E-state index contributed by atoms with van der Waals surface area (Å²) in [6.45, 7) is 15.7. The van der Waals surface area contributed by atoms with E-state index in [0.29, 0.717) is 44.9 Å². The van der Waals surface area contributed by atoms with Gasteiger partial charge in [-0.05, 0) is 117 Å². The highest BCUT2D eigenvalue weighted by molar-refractivity contribution is 5.22. The Kier molecular flexibility index (Phi) is 12.7. The molecule has 0 spiro atoms. The van der Waals surface area contributed by atoms with E-state index in [4.69, 9.17) is 18.9 Å². The smallest absolute Gasteiger partial charge is 0.187 e. The Morgan fingerprint density at radius 2 is 1.32 bits per heavy atom. The third kappa shape index (κ3) is 7.06. The molecule has 0 aromatic rings. The van der Waals surface area contributed by atoms with Gasteiger partial charge in [0.15, 0.2) is 12.6 Å². The molecule has 6 aliphatic rings. The number of aliphatic hydroxyl groups is 10. The molecule has 0 bridgehead atoms. The molecule has 0 radical (unpaired) electrons. The van der Waals surface area contributed by atoms with Crippen molar-refractivity contribution in [3.63, 3.8) is 0 Å². The molecular weight excluding hydrogens is 728 g/mol. The first-order valence-corrected chi connectivity index (χ1v) is 21.0. The van der Waals surface area contributed by atoms with Crippen molar-refractivity contribution >= 4 is 0 Å². The molecule has 4 aliphatic carbocycles. The van der Waals surface area contributed by atoms with Crippen LogP contribution in [0.3, 0.4) is 0 Å². The molecule has 16 unspecified atom stereocenters. The molecule has 6 fully saturated rings. The topological polar surface area (TPSA) is 239 Å². The van der Waals surface area contributed by atoms with Crippen molar-refractivity contribution in [1.29, 1.82) is 0 Å². The maximum absolute atomic E-state index is 12.6. The van der Waals surface area contributed by atoms with Crippen LogP contribution in [0.5, 0.6) is 0 Å². The number of aliphatic hydroxyl groups excluding tert-OH is 10. The predicted octanol–water partition coefficient (Wildman–Crippen LogP) is 1.12. The second-order valence-corrected chi connectivity index (χ2v) is 20.2. The van der Waals surface area contributed by atoms with E-state index in [1.807, 2.05) is 34.6 Å². The number of hydrogen-bond donors (Lipinski definition) is 10. The lowest BCUT2D eigenvalue weighted by atomic mass is 9.34. The molecule has 10 N–H and O–H groups in total. The van der Waals surface area contributed by atoms with Gasteiger partial charge in [-0.25, -0.2) is 0 Å². The molecule has 2 saturated heterocycles. The summed E-state index contributed by atoms with van der Waals surface area (Å²) in [5, 5.41) is 109. The lowest BCUT2D eigenvalue weighted by Crippen LogP contribution is -2.71. The summed E-state index contributed by atoms with van der Waals surface area (Å²) >= 11 is 0. The number of rotatable bonds is 10. The van der Waals surface area contributed by atoms with Gasteiger partial charge in [0.25, 0.3) is 0 Å². The van der Waals surface area contributed by atoms with E-state index in [9.17, 15) is 51.1 Å². The average Bonchev–Trinajstić information content (AvgIpc) is 3.52. The molecule has 0 aromatic carbocycles. The summed E-state index contributed by atoms with van der Waals surface area (Å²) in [5.41, 5.74) is -1.92. The van der Waals surface area contributed by atoms with Gasteiger partial charge in [-0.3, -0.25) is 0 Å². The first kappa shape index (κ1) is 44.7. The van der Waals surface area contributed by atoms with Crippen LogP contribution in [-0.2, 0) is 18.9 Å². The second-order valence-electron chi connectivity index (χ2n) is 20.2. The highest BCUT2D eigenvalue weighted by Gasteiger charge is 2.74.